The lowest BCUT2D eigenvalue weighted by Crippen LogP contribution is -2.21. The lowest BCUT2D eigenvalue weighted by molar-refractivity contribution is -0.118. The second-order valence-corrected chi connectivity index (χ2v) is 10.9. The molecule has 5 aromatic carbocycles. The third-order valence-corrected chi connectivity index (χ3v) is 7.70. The Kier molecular flexibility index (Phi) is 7.33. The fraction of sp³-hybridized carbons (Fsp3) is 0.0556. The summed E-state index contributed by atoms with van der Waals surface area (Å²) in [6.07, 6.45) is 1.55. The van der Waals surface area contributed by atoms with Crippen LogP contribution in [-0.2, 0) is 4.79 Å². The van der Waals surface area contributed by atoms with Gasteiger partial charge in [0.1, 0.15) is 11.3 Å². The highest BCUT2D eigenvalue weighted by atomic mass is 35.5. The Morgan fingerprint density at radius 1 is 0.933 bits per heavy atom. The number of aromatic nitrogens is 2. The summed E-state index contributed by atoms with van der Waals surface area (Å²) in [7, 11) is 0. The number of fused-ring (bicyclic) bond motifs is 3. The summed E-state index contributed by atoms with van der Waals surface area (Å²) in [4.78, 5) is 31.4. The number of halogens is 1. The molecule has 2 heterocycles. The molecule has 0 saturated carbocycles. The van der Waals surface area contributed by atoms with E-state index in [0.717, 1.165) is 27.4 Å². The third-order valence-electron chi connectivity index (χ3n) is 7.46. The molecule has 45 heavy (non-hydrogen) atoms. The van der Waals surface area contributed by atoms with Gasteiger partial charge in [0.25, 0.3) is 11.5 Å². The van der Waals surface area contributed by atoms with E-state index >= 15 is 0 Å². The Labute approximate surface area is 262 Å². The molecule has 0 radical (unpaired) electrons. The van der Waals surface area contributed by atoms with Gasteiger partial charge in [-0.25, -0.2) is 4.98 Å². The van der Waals surface area contributed by atoms with Crippen molar-refractivity contribution in [3.8, 4) is 17.3 Å². The Morgan fingerprint density at radius 3 is 2.58 bits per heavy atom. The summed E-state index contributed by atoms with van der Waals surface area (Å²) in [6, 6.07) is 33.1. The van der Waals surface area contributed by atoms with Gasteiger partial charge in [-0.05, 0) is 71.8 Å². The van der Waals surface area contributed by atoms with Crippen molar-refractivity contribution in [1.29, 1.82) is 0 Å². The third kappa shape index (κ3) is 5.55. The Bertz CT molecular complexity index is 2340. The number of furan rings is 1. The largest absolute Gasteiger partial charge is 0.483 e. The number of hydrogen-bond acceptors (Lipinski definition) is 6. The highest BCUT2D eigenvalue weighted by Crippen LogP contribution is 2.30. The van der Waals surface area contributed by atoms with Crippen LogP contribution < -0.4 is 15.6 Å². The number of ether oxygens (including phenoxy) is 1. The zero-order valence-electron chi connectivity index (χ0n) is 24.0. The van der Waals surface area contributed by atoms with E-state index in [4.69, 9.17) is 25.7 Å². The van der Waals surface area contributed by atoms with Crippen molar-refractivity contribution in [2.75, 3.05) is 11.9 Å². The number of carbonyl (C=O) groups excluding carboxylic acids is 1. The zero-order chi connectivity index (χ0) is 30.9. The van der Waals surface area contributed by atoms with Crippen molar-refractivity contribution in [3.05, 3.63) is 136 Å². The molecule has 8 nitrogen and oxygen atoms in total. The van der Waals surface area contributed by atoms with Gasteiger partial charge in [0.05, 0.1) is 17.1 Å². The van der Waals surface area contributed by atoms with Crippen molar-refractivity contribution in [2.24, 2.45) is 5.10 Å². The van der Waals surface area contributed by atoms with E-state index in [-0.39, 0.29) is 23.9 Å². The lowest BCUT2D eigenvalue weighted by Gasteiger charge is -2.13. The Hall–Kier alpha value is -5.73. The van der Waals surface area contributed by atoms with Gasteiger partial charge in [0.2, 0.25) is 5.82 Å². The summed E-state index contributed by atoms with van der Waals surface area (Å²) in [5, 5.41) is 11.1. The minimum Gasteiger partial charge on any atom is -0.483 e. The molecule has 7 aromatic rings. The van der Waals surface area contributed by atoms with Gasteiger partial charge in [-0.2, -0.15) is 9.78 Å². The van der Waals surface area contributed by atoms with Crippen LogP contribution in [0.1, 0.15) is 11.1 Å². The SMILES string of the molecule is Cc1ccccc1NC(=O)COc1ccc2ccccc2c1C=Nn1c(-c2cc3cc(Cl)ccc3o2)nc2ccccc2c1=O. The van der Waals surface area contributed by atoms with Gasteiger partial charge in [0.15, 0.2) is 12.4 Å². The summed E-state index contributed by atoms with van der Waals surface area (Å²) in [5.74, 6) is 0.707. The number of hydrogen-bond donors (Lipinski definition) is 1. The quantitative estimate of drug-likeness (QED) is 0.185. The molecule has 1 N–H and O–H groups in total. The first-order chi connectivity index (χ1) is 21.9. The number of benzene rings is 5. The fourth-order valence-corrected chi connectivity index (χ4v) is 5.39. The molecular formula is C36H25ClN4O4. The molecule has 2 aromatic heterocycles. The molecule has 0 spiro atoms. The predicted molar refractivity (Wildman–Crippen MR) is 178 cm³/mol. The maximum absolute atomic E-state index is 13.8. The van der Waals surface area contributed by atoms with Gasteiger partial charge < -0.3 is 14.5 Å². The molecule has 0 aliphatic rings. The topological polar surface area (TPSA) is 98.7 Å². The van der Waals surface area contributed by atoms with Gasteiger partial charge in [-0.15, -0.1) is 0 Å². The van der Waals surface area contributed by atoms with Gasteiger partial charge in [-0.1, -0.05) is 72.3 Å². The second-order valence-electron chi connectivity index (χ2n) is 10.5. The van der Waals surface area contributed by atoms with Gasteiger partial charge in [-0.3, -0.25) is 9.59 Å². The number of rotatable bonds is 7. The second kappa shape index (κ2) is 11.7. The van der Waals surface area contributed by atoms with Crippen LogP contribution in [0, 0.1) is 6.92 Å². The van der Waals surface area contributed by atoms with E-state index < -0.39 is 0 Å². The fourth-order valence-electron chi connectivity index (χ4n) is 5.21. The lowest BCUT2D eigenvalue weighted by atomic mass is 10.0. The van der Waals surface area contributed by atoms with Crippen LogP contribution in [-0.4, -0.2) is 28.4 Å². The number of amides is 1. The van der Waals surface area contributed by atoms with Crippen LogP contribution in [0.15, 0.2) is 124 Å². The summed E-state index contributed by atoms with van der Waals surface area (Å²) < 4.78 is 13.4. The molecule has 1 amide bonds. The highest BCUT2D eigenvalue weighted by molar-refractivity contribution is 6.31. The molecule has 0 aliphatic heterocycles. The zero-order valence-corrected chi connectivity index (χ0v) is 24.8. The smallest absolute Gasteiger partial charge is 0.282 e. The van der Waals surface area contributed by atoms with Crippen LogP contribution in [0.4, 0.5) is 5.69 Å². The van der Waals surface area contributed by atoms with E-state index in [1.807, 2.05) is 67.6 Å². The predicted octanol–water partition coefficient (Wildman–Crippen LogP) is 7.82. The van der Waals surface area contributed by atoms with E-state index in [2.05, 4.69) is 10.4 Å². The van der Waals surface area contributed by atoms with E-state index in [1.165, 1.54) is 4.68 Å². The number of para-hydroxylation sites is 2. The van der Waals surface area contributed by atoms with Crippen molar-refractivity contribution >= 4 is 62.1 Å². The van der Waals surface area contributed by atoms with E-state index in [1.54, 1.807) is 54.7 Å². The first-order valence-corrected chi connectivity index (χ1v) is 14.6. The monoisotopic (exact) mass is 612 g/mol. The van der Waals surface area contributed by atoms with Crippen LogP contribution in [0.3, 0.4) is 0 Å². The van der Waals surface area contributed by atoms with Crippen LogP contribution in [0.25, 0.3) is 44.2 Å². The first-order valence-electron chi connectivity index (χ1n) is 14.2. The van der Waals surface area contributed by atoms with Crippen molar-refractivity contribution in [3.63, 3.8) is 0 Å². The Morgan fingerprint density at radius 2 is 1.71 bits per heavy atom. The molecule has 0 unspecified atom stereocenters. The first kappa shape index (κ1) is 28.1. The minimum atomic E-state index is -0.370. The number of anilines is 1. The molecule has 0 saturated heterocycles. The van der Waals surface area contributed by atoms with Crippen LogP contribution in [0.5, 0.6) is 5.75 Å². The minimum absolute atomic E-state index is 0.224. The van der Waals surface area contributed by atoms with Crippen LogP contribution in [0.2, 0.25) is 5.02 Å². The van der Waals surface area contributed by atoms with Crippen molar-refractivity contribution in [2.45, 2.75) is 6.92 Å². The van der Waals surface area contributed by atoms with Crippen LogP contribution >= 0.6 is 11.6 Å². The summed E-state index contributed by atoms with van der Waals surface area (Å²) in [6.45, 7) is 1.70. The van der Waals surface area contributed by atoms with Gasteiger partial charge >= 0.3 is 0 Å². The van der Waals surface area contributed by atoms with E-state index in [0.29, 0.717) is 38.6 Å². The molecular weight excluding hydrogens is 588 g/mol. The highest BCUT2D eigenvalue weighted by Gasteiger charge is 2.17. The average Bonchev–Trinajstić information content (AvgIpc) is 3.47. The van der Waals surface area contributed by atoms with E-state index in [9.17, 15) is 9.59 Å². The summed E-state index contributed by atoms with van der Waals surface area (Å²) in [5.41, 5.74) is 3.00. The molecule has 0 fully saturated rings. The maximum atomic E-state index is 13.8. The summed E-state index contributed by atoms with van der Waals surface area (Å²) >= 11 is 6.21. The van der Waals surface area contributed by atoms with Gasteiger partial charge in [0, 0.05) is 21.7 Å². The maximum Gasteiger partial charge on any atom is 0.282 e. The Balaban J connectivity index is 1.31. The molecule has 0 aliphatic carbocycles. The molecule has 0 bridgehead atoms. The number of aryl methyl sites for hydroxylation is 1. The van der Waals surface area contributed by atoms with Crippen molar-refractivity contribution < 1.29 is 13.9 Å². The van der Waals surface area contributed by atoms with Crippen molar-refractivity contribution in [1.82, 2.24) is 9.66 Å². The number of carbonyl (C=O) groups is 1. The normalized spacial score (nSPS) is 11.5. The molecule has 0 atom stereocenters. The number of nitrogens with one attached hydrogen (secondary N) is 1. The molecule has 9 heteroatoms. The molecule has 7 rings (SSSR count). The molecule has 220 valence electrons. The standard InChI is InChI=1S/C36H25ClN4O4/c1-22-8-2-6-12-29(22)39-34(42)21-44-32-16-14-23-9-3-4-10-26(23)28(32)20-38-41-35(40-30-13-7-5-11-27(30)36(41)43)33-19-24-18-25(37)15-17-31(24)45-33/h2-20H,21H2,1H3,(H,39,42). The number of nitrogens with zero attached hydrogens (tertiary/aromatic N) is 3. The average molecular weight is 613 g/mol.